The van der Waals surface area contributed by atoms with E-state index in [2.05, 4.69) is 19.1 Å². The van der Waals surface area contributed by atoms with Crippen LogP contribution in [0.25, 0.3) is 0 Å². The van der Waals surface area contributed by atoms with E-state index in [4.69, 9.17) is 22.1 Å². The summed E-state index contributed by atoms with van der Waals surface area (Å²) in [5.41, 5.74) is 8.19. The molecule has 0 fully saturated rings. The molecule has 3 heteroatoms. The summed E-state index contributed by atoms with van der Waals surface area (Å²) >= 11 is 6.27. The molecule has 21 heavy (non-hydrogen) atoms. The van der Waals surface area contributed by atoms with Crippen molar-refractivity contribution in [3.8, 4) is 11.5 Å². The van der Waals surface area contributed by atoms with Crippen LogP contribution in [0.4, 0.5) is 0 Å². The highest BCUT2D eigenvalue weighted by molar-refractivity contribution is 6.31. The third-order valence-corrected chi connectivity index (χ3v) is 3.62. The van der Waals surface area contributed by atoms with Crippen LogP contribution in [-0.2, 0) is 12.8 Å². The van der Waals surface area contributed by atoms with E-state index in [0.717, 1.165) is 36.3 Å². The Morgan fingerprint density at radius 2 is 1.76 bits per heavy atom. The zero-order valence-corrected chi connectivity index (χ0v) is 13.4. The van der Waals surface area contributed by atoms with Gasteiger partial charge in [0.15, 0.2) is 0 Å². The minimum atomic E-state index is 0.0976. The van der Waals surface area contributed by atoms with Crippen LogP contribution in [0, 0.1) is 0 Å². The van der Waals surface area contributed by atoms with Crippen molar-refractivity contribution in [3.63, 3.8) is 0 Å². The first-order chi connectivity index (χ1) is 10.1. The molecule has 0 spiro atoms. The first-order valence-corrected chi connectivity index (χ1v) is 7.77. The molecule has 2 aromatic carbocycles. The normalized spacial score (nSPS) is 12.2. The van der Waals surface area contributed by atoms with Crippen molar-refractivity contribution in [2.45, 2.75) is 39.2 Å². The van der Waals surface area contributed by atoms with E-state index in [1.165, 1.54) is 5.56 Å². The summed E-state index contributed by atoms with van der Waals surface area (Å²) in [7, 11) is 0. The Balaban J connectivity index is 2.07. The fourth-order valence-corrected chi connectivity index (χ4v) is 2.50. The molecule has 0 heterocycles. The zero-order valence-electron chi connectivity index (χ0n) is 12.6. The Hall–Kier alpha value is -1.51. The van der Waals surface area contributed by atoms with Crippen molar-refractivity contribution in [2.75, 3.05) is 0 Å². The molecule has 0 aliphatic heterocycles. The van der Waals surface area contributed by atoms with E-state index in [1.54, 1.807) is 0 Å². The van der Waals surface area contributed by atoms with Gasteiger partial charge in [-0.1, -0.05) is 43.1 Å². The number of halogens is 1. The fraction of sp³-hybridized carbons (Fsp3) is 0.333. The van der Waals surface area contributed by atoms with Gasteiger partial charge in [-0.3, -0.25) is 0 Å². The molecule has 2 aromatic rings. The SMILES string of the molecule is CCCc1ccc(Oc2ccc(CC(C)N)c(Cl)c2)cc1. The molecular formula is C18H22ClNO. The second-order valence-electron chi connectivity index (χ2n) is 5.43. The molecule has 0 aromatic heterocycles. The lowest BCUT2D eigenvalue weighted by molar-refractivity contribution is 0.482. The van der Waals surface area contributed by atoms with Crippen molar-refractivity contribution in [1.82, 2.24) is 0 Å². The molecule has 0 radical (unpaired) electrons. The maximum Gasteiger partial charge on any atom is 0.128 e. The number of hydrogen-bond donors (Lipinski definition) is 1. The lowest BCUT2D eigenvalue weighted by atomic mass is 10.1. The Labute approximate surface area is 131 Å². The molecule has 112 valence electrons. The van der Waals surface area contributed by atoms with Crippen molar-refractivity contribution < 1.29 is 4.74 Å². The second kappa shape index (κ2) is 7.48. The average Bonchev–Trinajstić information content (AvgIpc) is 2.44. The fourth-order valence-electron chi connectivity index (χ4n) is 2.25. The van der Waals surface area contributed by atoms with Gasteiger partial charge in [-0.2, -0.15) is 0 Å². The van der Waals surface area contributed by atoms with Gasteiger partial charge in [0.1, 0.15) is 11.5 Å². The summed E-state index contributed by atoms with van der Waals surface area (Å²) in [6.07, 6.45) is 3.01. The van der Waals surface area contributed by atoms with Gasteiger partial charge in [-0.05, 0) is 55.2 Å². The van der Waals surface area contributed by atoms with Crippen LogP contribution in [-0.4, -0.2) is 6.04 Å². The highest BCUT2D eigenvalue weighted by Gasteiger charge is 2.06. The number of nitrogens with two attached hydrogens (primary N) is 1. The van der Waals surface area contributed by atoms with Crippen LogP contribution in [0.3, 0.4) is 0 Å². The molecule has 1 unspecified atom stereocenters. The zero-order chi connectivity index (χ0) is 15.2. The summed E-state index contributed by atoms with van der Waals surface area (Å²) in [6, 6.07) is 14.1. The Kier molecular flexibility index (Phi) is 5.66. The van der Waals surface area contributed by atoms with Crippen LogP contribution in [0.15, 0.2) is 42.5 Å². The van der Waals surface area contributed by atoms with E-state index in [0.29, 0.717) is 5.02 Å². The molecule has 0 saturated carbocycles. The Bertz CT molecular complexity index is 578. The molecule has 0 aliphatic carbocycles. The van der Waals surface area contributed by atoms with Gasteiger partial charge >= 0.3 is 0 Å². The second-order valence-corrected chi connectivity index (χ2v) is 5.84. The molecule has 0 amide bonds. The smallest absolute Gasteiger partial charge is 0.128 e. The van der Waals surface area contributed by atoms with Crippen LogP contribution in [0.2, 0.25) is 5.02 Å². The Morgan fingerprint density at radius 1 is 1.10 bits per heavy atom. The molecule has 2 nitrogen and oxygen atoms in total. The van der Waals surface area contributed by atoms with Gasteiger partial charge in [-0.25, -0.2) is 0 Å². The quantitative estimate of drug-likeness (QED) is 0.817. The molecule has 2 rings (SSSR count). The number of hydrogen-bond acceptors (Lipinski definition) is 2. The predicted molar refractivity (Wildman–Crippen MR) is 89.3 cm³/mol. The summed E-state index contributed by atoms with van der Waals surface area (Å²) in [4.78, 5) is 0. The number of rotatable bonds is 6. The van der Waals surface area contributed by atoms with E-state index in [-0.39, 0.29) is 6.04 Å². The molecule has 2 N–H and O–H groups in total. The highest BCUT2D eigenvalue weighted by atomic mass is 35.5. The van der Waals surface area contributed by atoms with Gasteiger partial charge in [0, 0.05) is 11.1 Å². The number of ether oxygens (including phenoxy) is 1. The van der Waals surface area contributed by atoms with Gasteiger partial charge < -0.3 is 10.5 Å². The van der Waals surface area contributed by atoms with Gasteiger partial charge in [-0.15, -0.1) is 0 Å². The lowest BCUT2D eigenvalue weighted by Gasteiger charge is -2.11. The third kappa shape index (κ3) is 4.76. The largest absolute Gasteiger partial charge is 0.457 e. The molecule has 0 saturated heterocycles. The summed E-state index contributed by atoms with van der Waals surface area (Å²) in [5, 5.41) is 0.701. The first kappa shape index (κ1) is 15.9. The summed E-state index contributed by atoms with van der Waals surface area (Å²) < 4.78 is 5.84. The van der Waals surface area contributed by atoms with Crippen molar-refractivity contribution in [3.05, 3.63) is 58.6 Å². The Morgan fingerprint density at radius 3 is 2.33 bits per heavy atom. The summed E-state index contributed by atoms with van der Waals surface area (Å²) in [5.74, 6) is 1.57. The first-order valence-electron chi connectivity index (χ1n) is 7.39. The van der Waals surface area contributed by atoms with Crippen LogP contribution >= 0.6 is 11.6 Å². The number of aryl methyl sites for hydroxylation is 1. The molecule has 0 aliphatic rings. The van der Waals surface area contributed by atoms with Crippen molar-refractivity contribution >= 4 is 11.6 Å². The third-order valence-electron chi connectivity index (χ3n) is 3.26. The van der Waals surface area contributed by atoms with Crippen LogP contribution < -0.4 is 10.5 Å². The molecule has 0 bridgehead atoms. The monoisotopic (exact) mass is 303 g/mol. The van der Waals surface area contributed by atoms with Gasteiger partial charge in [0.05, 0.1) is 0 Å². The molecular weight excluding hydrogens is 282 g/mol. The molecule has 1 atom stereocenters. The van der Waals surface area contributed by atoms with Gasteiger partial charge in [0.2, 0.25) is 0 Å². The van der Waals surface area contributed by atoms with Crippen LogP contribution in [0.5, 0.6) is 11.5 Å². The minimum absolute atomic E-state index is 0.0976. The van der Waals surface area contributed by atoms with Crippen molar-refractivity contribution in [1.29, 1.82) is 0 Å². The van der Waals surface area contributed by atoms with Gasteiger partial charge in [0.25, 0.3) is 0 Å². The summed E-state index contributed by atoms with van der Waals surface area (Å²) in [6.45, 7) is 4.15. The predicted octanol–water partition coefficient (Wildman–Crippen LogP) is 4.97. The average molecular weight is 304 g/mol. The lowest BCUT2D eigenvalue weighted by Crippen LogP contribution is -2.17. The van der Waals surface area contributed by atoms with Crippen molar-refractivity contribution in [2.24, 2.45) is 5.73 Å². The van der Waals surface area contributed by atoms with Crippen LogP contribution in [0.1, 0.15) is 31.4 Å². The van der Waals surface area contributed by atoms with E-state index < -0.39 is 0 Å². The van der Waals surface area contributed by atoms with E-state index in [9.17, 15) is 0 Å². The highest BCUT2D eigenvalue weighted by Crippen LogP contribution is 2.27. The number of benzene rings is 2. The topological polar surface area (TPSA) is 35.2 Å². The maximum absolute atomic E-state index is 6.27. The maximum atomic E-state index is 6.27. The van der Waals surface area contributed by atoms with E-state index >= 15 is 0 Å². The minimum Gasteiger partial charge on any atom is -0.457 e. The standard InChI is InChI=1S/C18H22ClNO/c1-3-4-14-5-8-16(9-6-14)21-17-10-7-15(11-13(2)20)18(19)12-17/h5-10,12-13H,3-4,11,20H2,1-2H3. The van der Waals surface area contributed by atoms with E-state index in [1.807, 2.05) is 37.3 Å².